The maximum Gasteiger partial charge on any atom is 0.124 e. The molecule has 2 aliphatic carbocycles. The van der Waals surface area contributed by atoms with Gasteiger partial charge in [0.05, 0.1) is 15.9 Å². The summed E-state index contributed by atoms with van der Waals surface area (Å²) in [5, 5.41) is 1.04. The van der Waals surface area contributed by atoms with Gasteiger partial charge in [-0.05, 0) is 158 Å². The summed E-state index contributed by atoms with van der Waals surface area (Å²) in [5.74, 6) is 0.531. The van der Waals surface area contributed by atoms with Gasteiger partial charge in [-0.15, -0.1) is 11.3 Å². The zero-order valence-corrected chi connectivity index (χ0v) is 34.7. The standard InChI is InChI=1S/C55H46N2S/c1-33-21-22-34-13-6-9-18-49(34)56-51(25-33)39-27-38(28-40(29-39)53-57-50-19-10-11-20-52(50)58-53)36-15-12-14-35(26-36)37-23-24-42-44-31-43-41-16-7-8-17-45(41)54(2,3)47(43)32-48(44)55(4,5)46(42)30-37/h6-20,23-24,26-33H,21-22,25H2,1-5H3/b56-51+/t33-/m0/s1. The molecular weight excluding hydrogens is 721 g/mol. The van der Waals surface area contributed by atoms with E-state index in [-0.39, 0.29) is 10.8 Å². The molecule has 0 amide bonds. The van der Waals surface area contributed by atoms with E-state index in [1.165, 1.54) is 82.6 Å². The number of hydrogen-bond acceptors (Lipinski definition) is 3. The van der Waals surface area contributed by atoms with Gasteiger partial charge in [0, 0.05) is 22.1 Å². The van der Waals surface area contributed by atoms with Crippen LogP contribution in [-0.2, 0) is 17.3 Å². The van der Waals surface area contributed by atoms with Gasteiger partial charge in [-0.3, -0.25) is 4.99 Å². The monoisotopic (exact) mass is 766 g/mol. The lowest BCUT2D eigenvalue weighted by molar-refractivity contribution is 0.551. The second-order valence-electron chi connectivity index (χ2n) is 17.9. The summed E-state index contributed by atoms with van der Waals surface area (Å²) in [4.78, 5) is 10.5. The van der Waals surface area contributed by atoms with Crippen molar-refractivity contribution in [2.45, 2.75) is 64.7 Å². The van der Waals surface area contributed by atoms with Crippen molar-refractivity contribution in [3.8, 4) is 55.1 Å². The van der Waals surface area contributed by atoms with Crippen LogP contribution in [0.15, 0.2) is 151 Å². The molecule has 0 saturated carbocycles. The molecule has 2 nitrogen and oxygen atoms in total. The van der Waals surface area contributed by atoms with Crippen LogP contribution in [0.3, 0.4) is 0 Å². The first-order valence-corrected chi connectivity index (χ1v) is 21.6. The lowest BCUT2D eigenvalue weighted by atomic mass is 9.77. The minimum absolute atomic E-state index is 0.0214. The van der Waals surface area contributed by atoms with Crippen molar-refractivity contribution in [1.29, 1.82) is 0 Å². The molecule has 3 heteroatoms. The predicted molar refractivity (Wildman–Crippen MR) is 246 cm³/mol. The Bertz CT molecular complexity index is 2980. The number of fused-ring (bicyclic) bond motifs is 8. The molecule has 0 N–H and O–H groups in total. The summed E-state index contributed by atoms with van der Waals surface area (Å²) in [6.07, 6.45) is 3.16. The second-order valence-corrected chi connectivity index (χ2v) is 18.9. The molecule has 0 bridgehead atoms. The first-order valence-electron chi connectivity index (χ1n) is 20.8. The van der Waals surface area contributed by atoms with Crippen LogP contribution in [0.2, 0.25) is 0 Å². The van der Waals surface area contributed by atoms with Crippen molar-refractivity contribution < 1.29 is 0 Å². The first-order chi connectivity index (χ1) is 28.1. The van der Waals surface area contributed by atoms with E-state index < -0.39 is 0 Å². The number of aliphatic imine (C=N–C) groups is 1. The molecule has 8 aromatic rings. The average Bonchev–Trinajstić information content (AvgIpc) is 3.85. The van der Waals surface area contributed by atoms with Crippen molar-refractivity contribution >= 4 is 33.0 Å². The molecule has 3 aliphatic rings. The van der Waals surface area contributed by atoms with Gasteiger partial charge in [-0.25, -0.2) is 4.98 Å². The molecule has 58 heavy (non-hydrogen) atoms. The lowest BCUT2D eigenvalue weighted by Gasteiger charge is -2.26. The van der Waals surface area contributed by atoms with Crippen LogP contribution in [0.5, 0.6) is 0 Å². The van der Waals surface area contributed by atoms with Crippen molar-refractivity contribution in [3.05, 3.63) is 179 Å². The molecule has 282 valence electrons. The number of thiazole rings is 1. The summed E-state index contributed by atoms with van der Waals surface area (Å²) in [6.45, 7) is 11.9. The Kier molecular flexibility index (Phi) is 7.94. The molecular formula is C55H46N2S. The second kappa shape index (κ2) is 13.1. The van der Waals surface area contributed by atoms with Crippen molar-refractivity contribution in [1.82, 2.24) is 4.98 Å². The zero-order chi connectivity index (χ0) is 39.3. The molecule has 1 aliphatic heterocycles. The zero-order valence-electron chi connectivity index (χ0n) is 33.9. The van der Waals surface area contributed by atoms with Crippen molar-refractivity contribution in [3.63, 3.8) is 0 Å². The summed E-state index contributed by atoms with van der Waals surface area (Å²) >= 11 is 1.76. The Morgan fingerprint density at radius 2 is 1.16 bits per heavy atom. The molecule has 0 saturated heterocycles. The predicted octanol–water partition coefficient (Wildman–Crippen LogP) is 15.0. The van der Waals surface area contributed by atoms with E-state index in [0.717, 1.165) is 46.7 Å². The fourth-order valence-corrected chi connectivity index (χ4v) is 11.1. The van der Waals surface area contributed by atoms with Crippen molar-refractivity contribution in [2.75, 3.05) is 0 Å². The quantitative estimate of drug-likeness (QED) is 0.175. The third-order valence-corrected chi connectivity index (χ3v) is 14.5. The fourth-order valence-electron chi connectivity index (χ4n) is 10.1. The largest absolute Gasteiger partial charge is 0.253 e. The minimum Gasteiger partial charge on any atom is -0.253 e. The highest BCUT2D eigenvalue weighted by atomic mass is 32.1. The molecule has 1 aromatic heterocycles. The Hall–Kier alpha value is -5.90. The Balaban J connectivity index is 1.02. The summed E-state index contributed by atoms with van der Waals surface area (Å²) in [5.41, 5.74) is 22.8. The summed E-state index contributed by atoms with van der Waals surface area (Å²) in [6, 6.07) is 54.5. The smallest absolute Gasteiger partial charge is 0.124 e. The number of benzene rings is 7. The average molecular weight is 767 g/mol. The highest BCUT2D eigenvalue weighted by molar-refractivity contribution is 7.21. The number of aromatic nitrogens is 1. The van der Waals surface area contributed by atoms with Gasteiger partial charge in [-0.1, -0.05) is 126 Å². The Labute approximate surface area is 346 Å². The van der Waals surface area contributed by atoms with Crippen LogP contribution in [0, 0.1) is 5.92 Å². The topological polar surface area (TPSA) is 25.2 Å². The summed E-state index contributed by atoms with van der Waals surface area (Å²) in [7, 11) is 0. The third kappa shape index (κ3) is 5.58. The van der Waals surface area contributed by atoms with E-state index in [4.69, 9.17) is 9.98 Å². The molecule has 7 aromatic carbocycles. The van der Waals surface area contributed by atoms with Gasteiger partial charge in [0.2, 0.25) is 0 Å². The normalized spacial score (nSPS) is 17.9. The number of nitrogens with zero attached hydrogens (tertiary/aromatic N) is 2. The molecule has 2 heterocycles. The van der Waals surface area contributed by atoms with Gasteiger partial charge in [-0.2, -0.15) is 0 Å². The van der Waals surface area contributed by atoms with Crippen LogP contribution < -0.4 is 0 Å². The van der Waals surface area contributed by atoms with Gasteiger partial charge >= 0.3 is 0 Å². The summed E-state index contributed by atoms with van der Waals surface area (Å²) < 4.78 is 1.21. The first kappa shape index (κ1) is 35.3. The van der Waals surface area contributed by atoms with E-state index in [2.05, 4.69) is 180 Å². The lowest BCUT2D eigenvalue weighted by Crippen LogP contribution is -2.18. The highest BCUT2D eigenvalue weighted by Crippen LogP contribution is 2.56. The molecule has 1 atom stereocenters. The Morgan fingerprint density at radius 3 is 2.00 bits per heavy atom. The minimum atomic E-state index is -0.118. The van der Waals surface area contributed by atoms with E-state index in [0.29, 0.717) is 5.92 Å². The number of aryl methyl sites for hydroxylation is 1. The van der Waals surface area contributed by atoms with E-state index in [1.54, 1.807) is 11.3 Å². The fraction of sp³-hybridized carbons (Fsp3) is 0.200. The van der Waals surface area contributed by atoms with Gasteiger partial charge < -0.3 is 0 Å². The van der Waals surface area contributed by atoms with Crippen LogP contribution in [-0.4, -0.2) is 10.7 Å². The van der Waals surface area contributed by atoms with Gasteiger partial charge in [0.25, 0.3) is 0 Å². The van der Waals surface area contributed by atoms with Gasteiger partial charge in [0.1, 0.15) is 5.01 Å². The van der Waals surface area contributed by atoms with Crippen LogP contribution in [0.1, 0.15) is 80.8 Å². The van der Waals surface area contributed by atoms with Crippen LogP contribution >= 0.6 is 11.3 Å². The maximum absolute atomic E-state index is 5.40. The van der Waals surface area contributed by atoms with Crippen LogP contribution in [0.25, 0.3) is 65.3 Å². The SMILES string of the molecule is C[C@H]1CCc2ccccc2/N=C(/c2cc(-c3cccc(-c4ccc5c(c4)C(C)(C)c4cc6c(cc4-5)-c4ccccc4C6(C)C)c3)cc(-c3nc4ccccc4s3)c2)C1. The maximum atomic E-state index is 5.40. The number of rotatable bonds is 4. The molecule has 11 rings (SSSR count). The highest BCUT2D eigenvalue weighted by Gasteiger charge is 2.41. The number of hydrogen-bond donors (Lipinski definition) is 0. The molecule has 0 fully saturated rings. The van der Waals surface area contributed by atoms with E-state index >= 15 is 0 Å². The number of para-hydroxylation sites is 2. The van der Waals surface area contributed by atoms with Crippen molar-refractivity contribution in [2.24, 2.45) is 10.9 Å². The third-order valence-electron chi connectivity index (χ3n) is 13.4. The molecule has 0 spiro atoms. The van der Waals surface area contributed by atoms with Crippen LogP contribution in [0.4, 0.5) is 5.69 Å². The molecule has 0 radical (unpaired) electrons. The van der Waals surface area contributed by atoms with Gasteiger partial charge in [0.15, 0.2) is 0 Å². The molecule has 0 unspecified atom stereocenters. The van der Waals surface area contributed by atoms with E-state index in [9.17, 15) is 0 Å². The Morgan fingerprint density at radius 1 is 0.517 bits per heavy atom. The van der Waals surface area contributed by atoms with E-state index in [1.807, 2.05) is 0 Å².